The van der Waals surface area contributed by atoms with Crippen LogP contribution in [0.1, 0.15) is 33.7 Å². The highest BCUT2D eigenvalue weighted by atomic mass is 19.1. The van der Waals surface area contributed by atoms with E-state index in [2.05, 4.69) is 15.3 Å². The zero-order valence-corrected chi connectivity index (χ0v) is 15.2. The second kappa shape index (κ2) is 7.56. The van der Waals surface area contributed by atoms with Crippen LogP contribution < -0.4 is 10.2 Å². The van der Waals surface area contributed by atoms with E-state index in [1.165, 1.54) is 6.20 Å². The summed E-state index contributed by atoms with van der Waals surface area (Å²) < 4.78 is 19.2. The topological polar surface area (TPSA) is 80.2 Å². The Morgan fingerprint density at radius 1 is 1.30 bits per heavy atom. The number of anilines is 2. The van der Waals surface area contributed by atoms with Gasteiger partial charge >= 0.3 is 0 Å². The van der Waals surface area contributed by atoms with E-state index in [0.29, 0.717) is 62.8 Å². The Morgan fingerprint density at radius 2 is 2.15 bits per heavy atom. The zero-order valence-electron chi connectivity index (χ0n) is 15.2. The van der Waals surface area contributed by atoms with E-state index in [-0.39, 0.29) is 5.91 Å². The molecule has 1 saturated heterocycles. The first kappa shape index (κ1) is 17.8. The summed E-state index contributed by atoms with van der Waals surface area (Å²) in [6.07, 6.45) is 4.04. The summed E-state index contributed by atoms with van der Waals surface area (Å²) in [7, 11) is 0. The molecule has 142 valence electrons. The fourth-order valence-electron chi connectivity index (χ4n) is 3.54. The van der Waals surface area contributed by atoms with Gasteiger partial charge < -0.3 is 15.0 Å². The third-order valence-corrected chi connectivity index (χ3v) is 4.87. The molecular weight excluding hydrogens is 349 g/mol. The largest absolute Gasteiger partial charge is 0.381 e. The van der Waals surface area contributed by atoms with E-state index < -0.39 is 6.17 Å². The Labute approximate surface area is 157 Å². The number of nitrogens with zero attached hydrogens (tertiary/aromatic N) is 4. The van der Waals surface area contributed by atoms with E-state index in [4.69, 9.17) is 9.72 Å². The van der Waals surface area contributed by atoms with Gasteiger partial charge in [0.2, 0.25) is 0 Å². The third-order valence-electron chi connectivity index (χ3n) is 4.87. The van der Waals surface area contributed by atoms with Gasteiger partial charge in [-0.2, -0.15) is 0 Å². The molecule has 27 heavy (non-hydrogen) atoms. The van der Waals surface area contributed by atoms with E-state index in [9.17, 15) is 9.18 Å². The van der Waals surface area contributed by atoms with Crippen molar-refractivity contribution in [2.24, 2.45) is 0 Å². The van der Waals surface area contributed by atoms with Crippen molar-refractivity contribution >= 4 is 17.5 Å². The van der Waals surface area contributed by atoms with Crippen molar-refractivity contribution in [1.82, 2.24) is 15.0 Å². The van der Waals surface area contributed by atoms with Crippen LogP contribution in [0.3, 0.4) is 0 Å². The number of nitrogens with one attached hydrogen (secondary N) is 1. The number of aryl methyl sites for hydroxylation is 1. The summed E-state index contributed by atoms with van der Waals surface area (Å²) in [5, 5.41) is 2.82. The van der Waals surface area contributed by atoms with Crippen molar-refractivity contribution in [2.45, 2.75) is 32.4 Å². The molecule has 2 aromatic rings. The van der Waals surface area contributed by atoms with Crippen molar-refractivity contribution in [3.8, 4) is 0 Å². The highest BCUT2D eigenvalue weighted by Gasteiger charge is 2.26. The van der Waals surface area contributed by atoms with Gasteiger partial charge in [0.25, 0.3) is 5.91 Å². The number of fused-ring (bicyclic) bond motifs is 1. The first-order valence-corrected chi connectivity index (χ1v) is 9.19. The molecule has 8 heteroatoms. The van der Waals surface area contributed by atoms with Crippen LogP contribution in [0.15, 0.2) is 18.5 Å². The average Bonchev–Trinajstić information content (AvgIpc) is 2.94. The molecule has 0 bridgehead atoms. The molecule has 1 fully saturated rings. The maximum absolute atomic E-state index is 13.7. The van der Waals surface area contributed by atoms with Gasteiger partial charge in [-0.05, 0) is 31.4 Å². The van der Waals surface area contributed by atoms with Crippen LogP contribution in [0.25, 0.3) is 0 Å². The predicted octanol–water partition coefficient (Wildman–Crippen LogP) is 2.10. The normalized spacial score (nSPS) is 19.5. The number of carbonyl (C=O) groups is 1. The molecule has 0 spiro atoms. The highest BCUT2D eigenvalue weighted by molar-refractivity contribution is 6.05. The van der Waals surface area contributed by atoms with Crippen LogP contribution in [-0.4, -0.2) is 53.3 Å². The summed E-state index contributed by atoms with van der Waals surface area (Å²) in [6, 6.07) is 1.76. The Hall–Kier alpha value is -2.61. The number of aromatic nitrogens is 3. The molecule has 7 nitrogen and oxygen atoms in total. The van der Waals surface area contributed by atoms with Crippen molar-refractivity contribution in [2.75, 3.05) is 36.5 Å². The van der Waals surface area contributed by atoms with Crippen molar-refractivity contribution < 1.29 is 13.9 Å². The molecule has 0 aromatic carbocycles. The van der Waals surface area contributed by atoms with Crippen LogP contribution in [0, 0.1) is 6.92 Å². The smallest absolute Gasteiger partial charge is 0.257 e. The maximum Gasteiger partial charge on any atom is 0.257 e. The van der Waals surface area contributed by atoms with Crippen LogP contribution in [-0.2, 0) is 17.6 Å². The lowest BCUT2D eigenvalue weighted by molar-refractivity contribution is 0.102. The molecule has 2 aliphatic heterocycles. The summed E-state index contributed by atoms with van der Waals surface area (Å²) in [6.45, 7) is 3.85. The van der Waals surface area contributed by atoms with Gasteiger partial charge in [-0.25, -0.2) is 14.4 Å². The molecule has 4 heterocycles. The fraction of sp³-hybridized carbons (Fsp3) is 0.474. The van der Waals surface area contributed by atoms with Gasteiger partial charge in [0, 0.05) is 30.4 Å². The van der Waals surface area contributed by atoms with Crippen molar-refractivity contribution in [3.05, 3.63) is 41.0 Å². The van der Waals surface area contributed by atoms with Gasteiger partial charge in [-0.3, -0.25) is 9.78 Å². The Bertz CT molecular complexity index is 860. The van der Waals surface area contributed by atoms with Crippen molar-refractivity contribution in [3.63, 3.8) is 0 Å². The van der Waals surface area contributed by atoms with Gasteiger partial charge in [-0.1, -0.05) is 0 Å². The lowest BCUT2D eigenvalue weighted by atomic mass is 10.0. The monoisotopic (exact) mass is 371 g/mol. The average molecular weight is 371 g/mol. The number of amides is 1. The lowest BCUT2D eigenvalue weighted by Crippen LogP contribution is -2.24. The maximum atomic E-state index is 13.7. The van der Waals surface area contributed by atoms with Gasteiger partial charge in [0.05, 0.1) is 31.6 Å². The Morgan fingerprint density at radius 3 is 2.93 bits per heavy atom. The number of alkyl halides is 1. The molecule has 0 saturated carbocycles. The summed E-state index contributed by atoms with van der Waals surface area (Å²) in [5.41, 5.74) is 3.02. The van der Waals surface area contributed by atoms with Crippen LogP contribution in [0.4, 0.5) is 16.0 Å². The molecule has 1 atom stereocenters. The predicted molar refractivity (Wildman–Crippen MR) is 98.9 cm³/mol. The summed E-state index contributed by atoms with van der Waals surface area (Å²) in [4.78, 5) is 28.0. The van der Waals surface area contributed by atoms with Crippen molar-refractivity contribution in [1.29, 1.82) is 0 Å². The quantitative estimate of drug-likeness (QED) is 0.890. The highest BCUT2D eigenvalue weighted by Crippen LogP contribution is 2.27. The van der Waals surface area contributed by atoms with Crippen LogP contribution in [0.5, 0.6) is 0 Å². The number of carbonyl (C=O) groups excluding carboxylic acids is 1. The molecule has 2 aliphatic rings. The standard InChI is InChI=1S/C19H22FN5O2/c1-12-9-21-10-17(22-12)24-19(26)15-8-18(25-5-2-13(20)11-25)23-16-4-7-27-6-3-14(15)16/h8-10,13H,2-7,11H2,1H3,(H,22,24,26)/t13-/m0/s1. The first-order valence-electron chi connectivity index (χ1n) is 9.19. The molecule has 1 N–H and O–H groups in total. The Kier molecular flexibility index (Phi) is 4.98. The van der Waals surface area contributed by atoms with Gasteiger partial charge in [0.15, 0.2) is 5.82 Å². The minimum Gasteiger partial charge on any atom is -0.381 e. The van der Waals surface area contributed by atoms with Crippen LogP contribution in [0.2, 0.25) is 0 Å². The molecule has 0 unspecified atom stereocenters. The molecule has 2 aromatic heterocycles. The summed E-state index contributed by atoms with van der Waals surface area (Å²) >= 11 is 0. The molecule has 4 rings (SSSR count). The lowest BCUT2D eigenvalue weighted by Gasteiger charge is -2.20. The second-order valence-corrected chi connectivity index (χ2v) is 6.90. The number of hydrogen-bond acceptors (Lipinski definition) is 6. The minimum absolute atomic E-state index is 0.257. The van der Waals surface area contributed by atoms with E-state index in [1.54, 1.807) is 12.3 Å². The molecule has 1 amide bonds. The number of hydrogen-bond donors (Lipinski definition) is 1. The van der Waals surface area contributed by atoms with E-state index in [1.807, 2.05) is 11.8 Å². The second-order valence-electron chi connectivity index (χ2n) is 6.90. The molecule has 0 aliphatic carbocycles. The summed E-state index contributed by atoms with van der Waals surface area (Å²) in [5.74, 6) is 0.797. The first-order chi connectivity index (χ1) is 13.1. The number of halogens is 1. The van der Waals surface area contributed by atoms with E-state index in [0.717, 1.165) is 17.0 Å². The van der Waals surface area contributed by atoms with E-state index >= 15 is 0 Å². The zero-order chi connectivity index (χ0) is 18.8. The van der Waals surface area contributed by atoms with Gasteiger partial charge in [-0.15, -0.1) is 0 Å². The SMILES string of the molecule is Cc1cncc(NC(=O)c2cc(N3CC[C@H](F)C3)nc3c2CCOCC3)n1. The van der Waals surface area contributed by atoms with Crippen LogP contribution >= 0.6 is 0 Å². The molecule has 0 radical (unpaired) electrons. The number of ether oxygens (including phenoxy) is 1. The Balaban J connectivity index is 1.69. The number of rotatable bonds is 3. The van der Waals surface area contributed by atoms with Gasteiger partial charge in [0.1, 0.15) is 12.0 Å². The third kappa shape index (κ3) is 3.90. The fourth-order valence-corrected chi connectivity index (χ4v) is 3.54. The molecular formula is C19H22FN5O2. The minimum atomic E-state index is -0.853. The number of pyridine rings is 1.